The van der Waals surface area contributed by atoms with Gasteiger partial charge in [-0.15, -0.1) is 0 Å². The number of amides is 1. The third kappa shape index (κ3) is 2.23. The average Bonchev–Trinajstić information content (AvgIpc) is 2.31. The molecule has 1 fully saturated rings. The molecule has 0 spiro atoms. The molecule has 1 aromatic rings. The zero-order valence-corrected chi connectivity index (χ0v) is 10.2. The largest absolute Gasteiger partial charge is 0.395 e. The quantitative estimate of drug-likeness (QED) is 0.863. The van der Waals surface area contributed by atoms with Crippen LogP contribution in [0.1, 0.15) is 5.56 Å². The van der Waals surface area contributed by atoms with Crippen LogP contribution in [0.2, 0.25) is 0 Å². The molecule has 0 bridgehead atoms. The van der Waals surface area contributed by atoms with Crippen molar-refractivity contribution in [3.8, 4) is 0 Å². The van der Waals surface area contributed by atoms with Gasteiger partial charge in [0.2, 0.25) is 5.91 Å². The van der Waals surface area contributed by atoms with Crippen molar-refractivity contribution in [2.24, 2.45) is 5.41 Å². The molecular formula is C13H16FNO3. The van der Waals surface area contributed by atoms with Gasteiger partial charge in [0.05, 0.1) is 19.8 Å². The zero-order chi connectivity index (χ0) is 13.2. The molecule has 1 N–H and O–H groups in total. The van der Waals surface area contributed by atoms with Gasteiger partial charge in [0, 0.05) is 19.2 Å². The van der Waals surface area contributed by atoms with Crippen LogP contribution in [0.25, 0.3) is 0 Å². The van der Waals surface area contributed by atoms with Crippen LogP contribution >= 0.6 is 0 Å². The van der Waals surface area contributed by atoms with Crippen LogP contribution in [0.5, 0.6) is 0 Å². The fourth-order valence-electron chi connectivity index (χ4n) is 1.99. The van der Waals surface area contributed by atoms with E-state index in [1.165, 1.54) is 11.0 Å². The van der Waals surface area contributed by atoms with Gasteiger partial charge in [0.15, 0.2) is 0 Å². The van der Waals surface area contributed by atoms with Crippen molar-refractivity contribution < 1.29 is 19.0 Å². The summed E-state index contributed by atoms with van der Waals surface area (Å²) < 4.78 is 18.5. The van der Waals surface area contributed by atoms with Crippen LogP contribution in [-0.2, 0) is 16.1 Å². The molecule has 98 valence electrons. The number of ether oxygens (including phenoxy) is 1. The lowest BCUT2D eigenvalue weighted by Crippen LogP contribution is -2.56. The lowest BCUT2D eigenvalue weighted by Gasteiger charge is -2.40. The number of rotatable bonds is 4. The standard InChI is InChI=1S/C13H16FNO3/c1-15(6-10-4-2-3-5-11(10)14)12(17)13(7-16)8-18-9-13/h2-5,16H,6-9H2,1H3. The number of hydrogen-bond donors (Lipinski definition) is 1. The Hall–Kier alpha value is -1.46. The average molecular weight is 253 g/mol. The van der Waals surface area contributed by atoms with E-state index in [1.807, 2.05) is 0 Å². The Morgan fingerprint density at radius 3 is 2.67 bits per heavy atom. The first-order valence-corrected chi connectivity index (χ1v) is 5.77. The first kappa shape index (κ1) is 13.0. The van der Waals surface area contributed by atoms with Crippen LogP contribution in [0.15, 0.2) is 24.3 Å². The zero-order valence-electron chi connectivity index (χ0n) is 10.2. The predicted octanol–water partition coefficient (Wildman–Crippen LogP) is 0.793. The van der Waals surface area contributed by atoms with Gasteiger partial charge in [-0.2, -0.15) is 0 Å². The minimum absolute atomic E-state index is 0.188. The lowest BCUT2D eigenvalue weighted by molar-refractivity contribution is -0.179. The summed E-state index contributed by atoms with van der Waals surface area (Å²) in [7, 11) is 1.60. The van der Waals surface area contributed by atoms with Crippen molar-refractivity contribution in [1.29, 1.82) is 0 Å². The molecule has 1 saturated heterocycles. The second-order valence-electron chi connectivity index (χ2n) is 4.68. The highest BCUT2D eigenvalue weighted by Crippen LogP contribution is 2.29. The predicted molar refractivity (Wildman–Crippen MR) is 63.2 cm³/mol. The van der Waals surface area contributed by atoms with Gasteiger partial charge in [-0.1, -0.05) is 18.2 Å². The van der Waals surface area contributed by atoms with Gasteiger partial charge in [-0.25, -0.2) is 4.39 Å². The van der Waals surface area contributed by atoms with E-state index in [4.69, 9.17) is 4.74 Å². The number of aliphatic hydroxyl groups is 1. The van der Waals surface area contributed by atoms with Gasteiger partial charge >= 0.3 is 0 Å². The molecule has 0 saturated carbocycles. The number of carbonyl (C=O) groups is 1. The molecule has 5 heteroatoms. The molecular weight excluding hydrogens is 237 g/mol. The number of carbonyl (C=O) groups excluding carboxylic acids is 1. The Morgan fingerprint density at radius 2 is 2.17 bits per heavy atom. The first-order chi connectivity index (χ1) is 8.59. The van der Waals surface area contributed by atoms with Crippen LogP contribution in [0.3, 0.4) is 0 Å². The van der Waals surface area contributed by atoms with Crippen molar-refractivity contribution in [3.05, 3.63) is 35.6 Å². The van der Waals surface area contributed by atoms with Crippen molar-refractivity contribution in [2.75, 3.05) is 26.9 Å². The van der Waals surface area contributed by atoms with E-state index in [-0.39, 0.29) is 38.1 Å². The number of benzene rings is 1. The van der Waals surface area contributed by atoms with E-state index in [0.29, 0.717) is 5.56 Å². The molecule has 0 atom stereocenters. The first-order valence-electron chi connectivity index (χ1n) is 5.77. The van der Waals surface area contributed by atoms with Crippen molar-refractivity contribution in [1.82, 2.24) is 4.90 Å². The van der Waals surface area contributed by atoms with E-state index in [0.717, 1.165) is 0 Å². The maximum Gasteiger partial charge on any atom is 0.235 e. The maximum absolute atomic E-state index is 13.5. The Balaban J connectivity index is 2.06. The lowest BCUT2D eigenvalue weighted by atomic mass is 9.85. The summed E-state index contributed by atoms with van der Waals surface area (Å²) in [5.41, 5.74) is -0.373. The fourth-order valence-corrected chi connectivity index (χ4v) is 1.99. The Kier molecular flexibility index (Phi) is 3.63. The highest BCUT2D eigenvalue weighted by molar-refractivity contribution is 5.83. The highest BCUT2D eigenvalue weighted by Gasteiger charge is 2.46. The molecule has 1 aliphatic heterocycles. The minimum Gasteiger partial charge on any atom is -0.395 e. The molecule has 1 aliphatic rings. The third-order valence-electron chi connectivity index (χ3n) is 3.23. The molecule has 0 aromatic heterocycles. The van der Waals surface area contributed by atoms with Crippen molar-refractivity contribution >= 4 is 5.91 Å². The van der Waals surface area contributed by atoms with E-state index in [1.54, 1.807) is 25.2 Å². The van der Waals surface area contributed by atoms with Gasteiger partial charge in [0.25, 0.3) is 0 Å². The summed E-state index contributed by atoms with van der Waals surface area (Å²) in [5.74, 6) is -0.542. The number of hydrogen-bond acceptors (Lipinski definition) is 3. The van der Waals surface area contributed by atoms with Crippen LogP contribution in [-0.4, -0.2) is 42.8 Å². The monoisotopic (exact) mass is 253 g/mol. The smallest absolute Gasteiger partial charge is 0.235 e. The maximum atomic E-state index is 13.5. The van der Waals surface area contributed by atoms with Crippen LogP contribution in [0.4, 0.5) is 4.39 Å². The molecule has 1 heterocycles. The molecule has 2 rings (SSSR count). The molecule has 0 aliphatic carbocycles. The van der Waals surface area contributed by atoms with E-state index in [9.17, 15) is 14.3 Å². The summed E-state index contributed by atoms with van der Waals surface area (Å²) in [6.45, 7) is 0.397. The summed E-state index contributed by atoms with van der Waals surface area (Å²) >= 11 is 0. The molecule has 1 aromatic carbocycles. The Bertz CT molecular complexity index is 440. The molecule has 18 heavy (non-hydrogen) atoms. The summed E-state index contributed by atoms with van der Waals surface area (Å²) in [6.07, 6.45) is 0. The minimum atomic E-state index is -0.833. The summed E-state index contributed by atoms with van der Waals surface area (Å²) in [5, 5.41) is 9.27. The van der Waals surface area contributed by atoms with Crippen molar-refractivity contribution in [2.45, 2.75) is 6.54 Å². The number of nitrogens with zero attached hydrogens (tertiary/aromatic N) is 1. The molecule has 1 amide bonds. The van der Waals surface area contributed by atoms with Crippen LogP contribution in [0, 0.1) is 11.2 Å². The second-order valence-corrected chi connectivity index (χ2v) is 4.68. The highest BCUT2D eigenvalue weighted by atomic mass is 19.1. The topological polar surface area (TPSA) is 49.8 Å². The van der Waals surface area contributed by atoms with E-state index < -0.39 is 5.41 Å². The van der Waals surface area contributed by atoms with Gasteiger partial charge in [0.1, 0.15) is 11.2 Å². The summed E-state index contributed by atoms with van der Waals surface area (Å²) in [6, 6.07) is 6.34. The van der Waals surface area contributed by atoms with E-state index in [2.05, 4.69) is 0 Å². The second kappa shape index (κ2) is 5.04. The number of halogens is 1. The Morgan fingerprint density at radius 1 is 1.50 bits per heavy atom. The van der Waals surface area contributed by atoms with Gasteiger partial charge < -0.3 is 14.7 Å². The normalized spacial score (nSPS) is 17.1. The van der Waals surface area contributed by atoms with Gasteiger partial charge in [-0.05, 0) is 6.07 Å². The van der Waals surface area contributed by atoms with Crippen LogP contribution < -0.4 is 0 Å². The summed E-state index contributed by atoms with van der Waals surface area (Å²) in [4.78, 5) is 13.6. The number of aliphatic hydroxyl groups excluding tert-OH is 1. The Labute approximate surface area is 105 Å². The van der Waals surface area contributed by atoms with Crippen molar-refractivity contribution in [3.63, 3.8) is 0 Å². The molecule has 0 unspecified atom stereocenters. The molecule has 4 nitrogen and oxygen atoms in total. The van der Waals surface area contributed by atoms with Gasteiger partial charge in [-0.3, -0.25) is 4.79 Å². The third-order valence-corrected chi connectivity index (χ3v) is 3.23. The van der Waals surface area contributed by atoms with E-state index >= 15 is 0 Å². The fraction of sp³-hybridized carbons (Fsp3) is 0.462. The SMILES string of the molecule is CN(Cc1ccccc1F)C(=O)C1(CO)COC1. The molecule has 0 radical (unpaired) electrons.